The number of piperidine rings is 1. The second-order valence-electron chi connectivity index (χ2n) is 6.61. The molecule has 1 unspecified atom stereocenters. The van der Waals surface area contributed by atoms with Crippen molar-refractivity contribution in [1.82, 2.24) is 4.90 Å². The summed E-state index contributed by atoms with van der Waals surface area (Å²) in [5, 5.41) is 0. The summed E-state index contributed by atoms with van der Waals surface area (Å²) in [6.07, 6.45) is 3.17. The molecule has 1 aromatic rings. The Hall–Kier alpha value is -1.59. The first kappa shape index (κ1) is 21.5. The SMILES string of the molecule is CC(=O)c1cccc(OCCCC(=O)N2CCC(C(C)N)CC2)c1.Cl. The number of carbonyl (C=O) groups excluding carboxylic acids is 2. The van der Waals surface area contributed by atoms with E-state index < -0.39 is 0 Å². The number of benzene rings is 1. The van der Waals surface area contributed by atoms with Crippen LogP contribution in [0.15, 0.2) is 24.3 Å². The largest absolute Gasteiger partial charge is 0.494 e. The molecular formula is C19H29ClN2O3. The fraction of sp³-hybridized carbons (Fsp3) is 0.579. The molecular weight excluding hydrogens is 340 g/mol. The highest BCUT2D eigenvalue weighted by Gasteiger charge is 2.24. The quantitative estimate of drug-likeness (QED) is 0.593. The van der Waals surface area contributed by atoms with Crippen molar-refractivity contribution in [3.8, 4) is 5.75 Å². The van der Waals surface area contributed by atoms with Crippen LogP contribution in [0.2, 0.25) is 0 Å². The molecule has 140 valence electrons. The third-order valence-corrected chi connectivity index (χ3v) is 4.68. The van der Waals surface area contributed by atoms with Gasteiger partial charge in [-0.2, -0.15) is 0 Å². The summed E-state index contributed by atoms with van der Waals surface area (Å²) in [5.41, 5.74) is 6.57. The maximum absolute atomic E-state index is 12.2. The average molecular weight is 369 g/mol. The molecule has 1 atom stereocenters. The van der Waals surface area contributed by atoms with E-state index in [9.17, 15) is 9.59 Å². The van der Waals surface area contributed by atoms with Gasteiger partial charge < -0.3 is 15.4 Å². The summed E-state index contributed by atoms with van der Waals surface area (Å²) in [7, 11) is 0. The molecule has 2 rings (SSSR count). The normalized spacial score (nSPS) is 16.0. The Kier molecular flexibility index (Phi) is 8.93. The van der Waals surface area contributed by atoms with Crippen molar-refractivity contribution in [2.75, 3.05) is 19.7 Å². The number of hydrogen-bond donors (Lipinski definition) is 1. The molecule has 0 spiro atoms. The van der Waals surface area contributed by atoms with E-state index >= 15 is 0 Å². The summed E-state index contributed by atoms with van der Waals surface area (Å²) in [6, 6.07) is 7.35. The lowest BCUT2D eigenvalue weighted by atomic mass is 9.91. The first-order valence-corrected chi connectivity index (χ1v) is 8.74. The number of likely N-dealkylation sites (tertiary alicyclic amines) is 1. The fourth-order valence-corrected chi connectivity index (χ4v) is 3.05. The minimum Gasteiger partial charge on any atom is -0.494 e. The van der Waals surface area contributed by atoms with Gasteiger partial charge in [0.2, 0.25) is 5.91 Å². The molecule has 1 heterocycles. The number of rotatable bonds is 7. The molecule has 1 saturated heterocycles. The van der Waals surface area contributed by atoms with Crippen molar-refractivity contribution in [3.05, 3.63) is 29.8 Å². The third kappa shape index (κ3) is 6.67. The zero-order valence-corrected chi connectivity index (χ0v) is 15.9. The van der Waals surface area contributed by atoms with E-state index in [1.165, 1.54) is 6.92 Å². The van der Waals surface area contributed by atoms with Gasteiger partial charge in [0.25, 0.3) is 0 Å². The lowest BCUT2D eigenvalue weighted by Gasteiger charge is -2.33. The standard InChI is InChI=1S/C19H28N2O3.ClH/c1-14(20)16-8-10-21(11-9-16)19(23)7-4-12-24-18-6-3-5-17(13-18)15(2)22;/h3,5-6,13-14,16H,4,7-12,20H2,1-2H3;1H. The first-order chi connectivity index (χ1) is 11.5. The smallest absolute Gasteiger partial charge is 0.222 e. The van der Waals surface area contributed by atoms with E-state index in [4.69, 9.17) is 10.5 Å². The summed E-state index contributed by atoms with van der Waals surface area (Å²) < 4.78 is 5.64. The van der Waals surface area contributed by atoms with Crippen LogP contribution in [0.25, 0.3) is 0 Å². The molecule has 2 N–H and O–H groups in total. The van der Waals surface area contributed by atoms with Gasteiger partial charge in [-0.05, 0) is 51.2 Å². The molecule has 1 fully saturated rings. The maximum atomic E-state index is 12.2. The van der Waals surface area contributed by atoms with Crippen LogP contribution in [0, 0.1) is 5.92 Å². The zero-order valence-electron chi connectivity index (χ0n) is 15.1. The predicted molar refractivity (Wildman–Crippen MR) is 101 cm³/mol. The Morgan fingerprint density at radius 2 is 2.00 bits per heavy atom. The van der Waals surface area contributed by atoms with Gasteiger partial charge in [0.05, 0.1) is 6.61 Å². The predicted octanol–water partition coefficient (Wildman–Crippen LogP) is 3.06. The molecule has 0 radical (unpaired) electrons. The average Bonchev–Trinajstić information content (AvgIpc) is 2.59. The zero-order chi connectivity index (χ0) is 17.5. The third-order valence-electron chi connectivity index (χ3n) is 4.68. The van der Waals surface area contributed by atoms with E-state index in [0.717, 1.165) is 25.9 Å². The van der Waals surface area contributed by atoms with Gasteiger partial charge in [-0.3, -0.25) is 9.59 Å². The molecule has 1 aliphatic heterocycles. The van der Waals surface area contributed by atoms with Crippen molar-refractivity contribution >= 4 is 24.1 Å². The van der Waals surface area contributed by atoms with E-state index in [2.05, 4.69) is 0 Å². The number of nitrogens with zero attached hydrogens (tertiary/aromatic N) is 1. The van der Waals surface area contributed by atoms with Crippen LogP contribution < -0.4 is 10.5 Å². The molecule has 6 heteroatoms. The number of nitrogens with two attached hydrogens (primary N) is 1. The molecule has 0 bridgehead atoms. The topological polar surface area (TPSA) is 72.6 Å². The van der Waals surface area contributed by atoms with Gasteiger partial charge in [-0.1, -0.05) is 12.1 Å². The number of amides is 1. The van der Waals surface area contributed by atoms with Gasteiger partial charge in [0.1, 0.15) is 5.75 Å². The minimum atomic E-state index is 0. The Labute approximate surface area is 156 Å². The Morgan fingerprint density at radius 1 is 1.32 bits per heavy atom. The number of ether oxygens (including phenoxy) is 1. The molecule has 0 aromatic heterocycles. The van der Waals surface area contributed by atoms with Crippen molar-refractivity contribution in [3.63, 3.8) is 0 Å². The highest BCUT2D eigenvalue weighted by atomic mass is 35.5. The number of halogens is 1. The summed E-state index contributed by atoms with van der Waals surface area (Å²) in [5.74, 6) is 1.42. The number of carbonyl (C=O) groups is 2. The molecule has 0 aliphatic carbocycles. The van der Waals surface area contributed by atoms with Crippen LogP contribution in [0.3, 0.4) is 0 Å². The monoisotopic (exact) mass is 368 g/mol. The molecule has 5 nitrogen and oxygen atoms in total. The molecule has 1 aliphatic rings. The summed E-state index contributed by atoms with van der Waals surface area (Å²) >= 11 is 0. The van der Waals surface area contributed by atoms with Gasteiger partial charge in [-0.15, -0.1) is 12.4 Å². The minimum absolute atomic E-state index is 0. The van der Waals surface area contributed by atoms with Crippen LogP contribution in [-0.2, 0) is 4.79 Å². The van der Waals surface area contributed by atoms with Gasteiger partial charge >= 0.3 is 0 Å². The molecule has 1 aromatic carbocycles. The van der Waals surface area contributed by atoms with Gasteiger partial charge in [0.15, 0.2) is 5.78 Å². The Bertz CT molecular complexity index is 570. The highest BCUT2D eigenvalue weighted by molar-refractivity contribution is 5.94. The van der Waals surface area contributed by atoms with Crippen LogP contribution in [-0.4, -0.2) is 42.3 Å². The van der Waals surface area contributed by atoms with Crippen LogP contribution in [0.4, 0.5) is 0 Å². The van der Waals surface area contributed by atoms with Crippen molar-refractivity contribution in [2.24, 2.45) is 11.7 Å². The Balaban J connectivity index is 0.00000312. The second-order valence-corrected chi connectivity index (χ2v) is 6.61. The molecule has 1 amide bonds. The van der Waals surface area contributed by atoms with Crippen molar-refractivity contribution < 1.29 is 14.3 Å². The molecule has 25 heavy (non-hydrogen) atoms. The Morgan fingerprint density at radius 3 is 2.60 bits per heavy atom. The number of ketones is 1. The molecule has 0 saturated carbocycles. The van der Waals surface area contributed by atoms with Gasteiger partial charge in [-0.25, -0.2) is 0 Å². The van der Waals surface area contributed by atoms with Crippen LogP contribution in [0.5, 0.6) is 5.75 Å². The van der Waals surface area contributed by atoms with Crippen LogP contribution in [0.1, 0.15) is 49.9 Å². The van der Waals surface area contributed by atoms with Crippen molar-refractivity contribution in [2.45, 2.75) is 45.6 Å². The van der Waals surface area contributed by atoms with E-state index in [1.54, 1.807) is 18.2 Å². The lowest BCUT2D eigenvalue weighted by Crippen LogP contribution is -2.42. The van der Waals surface area contributed by atoms with E-state index in [1.807, 2.05) is 17.9 Å². The second kappa shape index (κ2) is 10.4. The lowest BCUT2D eigenvalue weighted by molar-refractivity contribution is -0.132. The van der Waals surface area contributed by atoms with E-state index in [0.29, 0.717) is 36.7 Å². The number of Topliss-reactive ketones (excluding diaryl/α,β-unsaturated/α-hetero) is 1. The first-order valence-electron chi connectivity index (χ1n) is 8.74. The van der Waals surface area contributed by atoms with Crippen LogP contribution >= 0.6 is 12.4 Å². The highest BCUT2D eigenvalue weighted by Crippen LogP contribution is 2.20. The number of hydrogen-bond acceptors (Lipinski definition) is 4. The van der Waals surface area contributed by atoms with Gasteiger partial charge in [0, 0.05) is 31.1 Å². The maximum Gasteiger partial charge on any atom is 0.222 e. The summed E-state index contributed by atoms with van der Waals surface area (Å²) in [6.45, 7) is 5.68. The van der Waals surface area contributed by atoms with Crippen molar-refractivity contribution in [1.29, 1.82) is 0 Å². The summed E-state index contributed by atoms with van der Waals surface area (Å²) in [4.78, 5) is 25.5. The van der Waals surface area contributed by atoms with E-state index in [-0.39, 0.29) is 30.1 Å². The fourth-order valence-electron chi connectivity index (χ4n) is 3.05.